The van der Waals surface area contributed by atoms with Crippen LogP contribution in [0.3, 0.4) is 0 Å². The predicted molar refractivity (Wildman–Crippen MR) is 85.2 cm³/mol. The first-order valence-corrected chi connectivity index (χ1v) is 7.78. The van der Waals surface area contributed by atoms with Crippen LogP contribution in [0, 0.1) is 10.1 Å². The van der Waals surface area contributed by atoms with Crippen molar-refractivity contribution in [2.75, 3.05) is 7.11 Å². The van der Waals surface area contributed by atoms with Crippen molar-refractivity contribution in [1.29, 1.82) is 0 Å². The molecule has 8 nitrogen and oxygen atoms in total. The topological polar surface area (TPSA) is 119 Å². The number of nitro benzene ring substituents is 1. The predicted octanol–water partition coefficient (Wildman–Crippen LogP) is 2.51. The molecule has 0 unspecified atom stereocenters. The van der Waals surface area contributed by atoms with Crippen molar-refractivity contribution >= 4 is 17.6 Å². The fourth-order valence-corrected chi connectivity index (χ4v) is 2.99. The van der Waals surface area contributed by atoms with E-state index >= 15 is 0 Å². The summed E-state index contributed by atoms with van der Waals surface area (Å²) >= 11 is 0. The fourth-order valence-electron chi connectivity index (χ4n) is 2.99. The van der Waals surface area contributed by atoms with Crippen LogP contribution < -0.4 is 10.1 Å². The van der Waals surface area contributed by atoms with E-state index in [0.29, 0.717) is 12.8 Å². The molecule has 1 fully saturated rings. The summed E-state index contributed by atoms with van der Waals surface area (Å²) in [5, 5.41) is 23.2. The third kappa shape index (κ3) is 3.64. The number of carboxylic acid groups (broad SMARTS) is 1. The Morgan fingerprint density at radius 2 is 1.88 bits per heavy atom. The number of hydrogen-bond acceptors (Lipinski definition) is 5. The number of nitrogens with one attached hydrogen (secondary N) is 1. The van der Waals surface area contributed by atoms with Crippen LogP contribution in [0.5, 0.6) is 5.75 Å². The van der Waals surface area contributed by atoms with Gasteiger partial charge in [-0.25, -0.2) is 4.79 Å². The van der Waals surface area contributed by atoms with Crippen LogP contribution in [-0.4, -0.2) is 34.6 Å². The molecule has 0 radical (unpaired) electrons. The fraction of sp³-hybridized carbons (Fsp3) is 0.500. The van der Waals surface area contributed by atoms with Crippen molar-refractivity contribution in [3.05, 3.63) is 33.9 Å². The Labute approximate surface area is 139 Å². The number of hydrogen-bond donors (Lipinski definition) is 2. The maximum Gasteiger partial charge on any atom is 0.329 e. The van der Waals surface area contributed by atoms with Gasteiger partial charge < -0.3 is 15.2 Å². The number of amides is 1. The second kappa shape index (κ2) is 7.29. The van der Waals surface area contributed by atoms with Crippen LogP contribution >= 0.6 is 0 Å². The Balaban J connectivity index is 2.29. The lowest BCUT2D eigenvalue weighted by atomic mass is 9.89. The number of carbonyl (C=O) groups is 2. The van der Waals surface area contributed by atoms with E-state index in [9.17, 15) is 24.8 Å². The quantitative estimate of drug-likeness (QED) is 0.484. The zero-order valence-corrected chi connectivity index (χ0v) is 13.4. The third-order valence-corrected chi connectivity index (χ3v) is 4.36. The largest absolute Gasteiger partial charge is 0.490 e. The summed E-state index contributed by atoms with van der Waals surface area (Å²) in [6.07, 6.45) is 4.00. The standard InChI is InChI=1S/C16H20N2O6/c1-24-13-7-6-11(10-12(13)18(22)23)14(19)17-16(15(20)21)8-4-2-3-5-9-16/h6-7,10H,2-5,8-9H2,1H3,(H,17,19)(H,20,21). The van der Waals surface area contributed by atoms with Crippen molar-refractivity contribution in [1.82, 2.24) is 5.32 Å². The Kier molecular flexibility index (Phi) is 5.38. The second-order valence-corrected chi connectivity index (χ2v) is 5.90. The number of nitro groups is 1. The molecule has 1 aliphatic carbocycles. The monoisotopic (exact) mass is 336 g/mol. The molecule has 0 bridgehead atoms. The van der Waals surface area contributed by atoms with Gasteiger partial charge in [-0.05, 0) is 25.0 Å². The van der Waals surface area contributed by atoms with E-state index in [2.05, 4.69) is 5.32 Å². The lowest BCUT2D eigenvalue weighted by Gasteiger charge is -2.29. The molecule has 1 saturated carbocycles. The van der Waals surface area contributed by atoms with Gasteiger partial charge in [-0.2, -0.15) is 0 Å². The first kappa shape index (κ1) is 17.7. The smallest absolute Gasteiger partial charge is 0.329 e. The van der Waals surface area contributed by atoms with E-state index in [1.54, 1.807) is 0 Å². The van der Waals surface area contributed by atoms with Gasteiger partial charge in [0.15, 0.2) is 5.75 Å². The molecule has 0 saturated heterocycles. The van der Waals surface area contributed by atoms with Crippen molar-refractivity contribution in [2.45, 2.75) is 44.1 Å². The molecule has 0 spiro atoms. The van der Waals surface area contributed by atoms with Crippen molar-refractivity contribution < 1.29 is 24.4 Å². The Bertz CT molecular complexity index is 650. The number of carbonyl (C=O) groups excluding carboxylic acids is 1. The maximum atomic E-state index is 12.5. The van der Waals surface area contributed by atoms with Gasteiger partial charge in [0.05, 0.1) is 12.0 Å². The Hall–Kier alpha value is -2.64. The van der Waals surface area contributed by atoms with Gasteiger partial charge in [0, 0.05) is 11.6 Å². The molecule has 8 heteroatoms. The zero-order chi connectivity index (χ0) is 17.7. The summed E-state index contributed by atoms with van der Waals surface area (Å²) in [6.45, 7) is 0. The van der Waals surface area contributed by atoms with Gasteiger partial charge in [-0.3, -0.25) is 14.9 Å². The lowest BCUT2D eigenvalue weighted by Crippen LogP contribution is -2.54. The summed E-state index contributed by atoms with van der Waals surface area (Å²) < 4.78 is 4.90. The molecule has 1 amide bonds. The number of rotatable bonds is 5. The van der Waals surface area contributed by atoms with Gasteiger partial charge >= 0.3 is 11.7 Å². The maximum absolute atomic E-state index is 12.5. The molecular weight excluding hydrogens is 316 g/mol. The third-order valence-electron chi connectivity index (χ3n) is 4.36. The number of ether oxygens (including phenoxy) is 1. The average molecular weight is 336 g/mol. The number of carboxylic acids is 1. The van der Waals surface area contributed by atoms with Crippen molar-refractivity contribution in [3.63, 3.8) is 0 Å². The molecular formula is C16H20N2O6. The highest BCUT2D eigenvalue weighted by molar-refractivity contribution is 5.98. The van der Waals surface area contributed by atoms with Crippen LogP contribution in [-0.2, 0) is 4.79 Å². The van der Waals surface area contributed by atoms with Crippen LogP contribution in [0.2, 0.25) is 0 Å². The first-order chi connectivity index (χ1) is 11.4. The summed E-state index contributed by atoms with van der Waals surface area (Å²) in [6, 6.07) is 3.81. The van der Waals surface area contributed by atoms with Gasteiger partial charge in [-0.1, -0.05) is 25.7 Å². The molecule has 1 aromatic carbocycles. The second-order valence-electron chi connectivity index (χ2n) is 5.90. The molecule has 0 atom stereocenters. The van der Waals surface area contributed by atoms with E-state index in [4.69, 9.17) is 4.74 Å². The normalized spacial score (nSPS) is 16.7. The highest BCUT2D eigenvalue weighted by Gasteiger charge is 2.40. The number of aliphatic carboxylic acids is 1. The minimum Gasteiger partial charge on any atom is -0.490 e. The van der Waals surface area contributed by atoms with Crippen molar-refractivity contribution in [2.24, 2.45) is 0 Å². The molecule has 1 aliphatic rings. The minimum atomic E-state index is -1.32. The minimum absolute atomic E-state index is 0.0346. The number of methoxy groups -OCH3 is 1. The van der Waals surface area contributed by atoms with E-state index in [1.165, 1.54) is 19.2 Å². The van der Waals surface area contributed by atoms with E-state index in [0.717, 1.165) is 31.7 Å². The summed E-state index contributed by atoms with van der Waals surface area (Å²) in [5.41, 5.74) is -1.62. The van der Waals surface area contributed by atoms with Gasteiger partial charge in [0.25, 0.3) is 5.91 Å². The summed E-state index contributed by atoms with van der Waals surface area (Å²) in [7, 11) is 1.30. The average Bonchev–Trinajstić information content (AvgIpc) is 2.80. The number of nitrogens with zero attached hydrogens (tertiary/aromatic N) is 1. The molecule has 1 aromatic rings. The lowest BCUT2D eigenvalue weighted by molar-refractivity contribution is -0.385. The molecule has 2 N–H and O–H groups in total. The summed E-state index contributed by atoms with van der Waals surface area (Å²) in [5.74, 6) is -1.66. The molecule has 0 heterocycles. The number of benzene rings is 1. The highest BCUT2D eigenvalue weighted by Crippen LogP contribution is 2.30. The molecule has 130 valence electrons. The molecule has 24 heavy (non-hydrogen) atoms. The van der Waals surface area contributed by atoms with Crippen molar-refractivity contribution in [3.8, 4) is 5.75 Å². The highest BCUT2D eigenvalue weighted by atomic mass is 16.6. The van der Waals surface area contributed by atoms with Crippen LogP contribution in [0.1, 0.15) is 48.9 Å². The Morgan fingerprint density at radius 1 is 1.25 bits per heavy atom. The van der Waals surface area contributed by atoms with Gasteiger partial charge in [0.1, 0.15) is 5.54 Å². The first-order valence-electron chi connectivity index (χ1n) is 7.78. The van der Waals surface area contributed by atoms with Crippen LogP contribution in [0.15, 0.2) is 18.2 Å². The summed E-state index contributed by atoms with van der Waals surface area (Å²) in [4.78, 5) is 34.6. The van der Waals surface area contributed by atoms with Gasteiger partial charge in [0.2, 0.25) is 0 Å². The van der Waals surface area contributed by atoms with Crippen LogP contribution in [0.25, 0.3) is 0 Å². The van der Waals surface area contributed by atoms with Gasteiger partial charge in [-0.15, -0.1) is 0 Å². The van der Waals surface area contributed by atoms with E-state index in [-0.39, 0.29) is 17.0 Å². The van der Waals surface area contributed by atoms with E-state index < -0.39 is 22.3 Å². The Morgan fingerprint density at radius 3 is 2.38 bits per heavy atom. The SMILES string of the molecule is COc1ccc(C(=O)NC2(C(=O)O)CCCCCC2)cc1[N+](=O)[O-]. The zero-order valence-electron chi connectivity index (χ0n) is 13.4. The molecule has 0 aliphatic heterocycles. The van der Waals surface area contributed by atoms with E-state index in [1.807, 2.05) is 0 Å². The molecule has 0 aromatic heterocycles. The van der Waals surface area contributed by atoms with Crippen LogP contribution in [0.4, 0.5) is 5.69 Å². The molecule has 2 rings (SSSR count).